The molecule has 1 N–H and O–H groups in total. The molecule has 0 fully saturated rings. The summed E-state index contributed by atoms with van der Waals surface area (Å²) in [5, 5.41) is 4.61. The fourth-order valence-corrected chi connectivity index (χ4v) is 3.82. The maximum atomic E-state index is 6.23. The molecule has 0 unspecified atom stereocenters. The van der Waals surface area contributed by atoms with Gasteiger partial charge in [0.25, 0.3) is 0 Å². The second-order valence-electron chi connectivity index (χ2n) is 6.67. The van der Waals surface area contributed by atoms with Gasteiger partial charge in [-0.05, 0) is 42.3 Å². The van der Waals surface area contributed by atoms with Crippen molar-refractivity contribution in [3.8, 4) is 11.5 Å². The number of hydrogen-bond donors (Lipinski definition) is 1. The van der Waals surface area contributed by atoms with E-state index < -0.39 is 0 Å². The fraction of sp³-hybridized carbons (Fsp3) is 0.217. The van der Waals surface area contributed by atoms with Gasteiger partial charge in [-0.1, -0.05) is 75.0 Å². The van der Waals surface area contributed by atoms with E-state index in [0.29, 0.717) is 28.1 Å². The Morgan fingerprint density at radius 2 is 1.62 bits per heavy atom. The predicted octanol–water partition coefficient (Wildman–Crippen LogP) is 6.94. The van der Waals surface area contributed by atoms with Crippen molar-refractivity contribution in [2.45, 2.75) is 26.6 Å². The molecule has 0 heterocycles. The summed E-state index contributed by atoms with van der Waals surface area (Å²) in [6, 6.07) is 17.8. The average molecular weight is 495 g/mol. The van der Waals surface area contributed by atoms with Crippen LogP contribution in [0.1, 0.15) is 22.3 Å². The maximum Gasteiger partial charge on any atom is 0.162 e. The molecule has 3 aromatic carbocycles. The smallest absolute Gasteiger partial charge is 0.162 e. The molecule has 0 aromatic heterocycles. The molecule has 0 saturated carbocycles. The SMILES string of the molecule is COc1cc(CNCc2ccc(C)cc2)c(Br)cc1OCc1c(Cl)cccc1Cl. The molecule has 0 spiro atoms. The molecule has 3 rings (SSSR count). The lowest BCUT2D eigenvalue weighted by Gasteiger charge is -2.15. The highest BCUT2D eigenvalue weighted by atomic mass is 79.9. The van der Waals surface area contributed by atoms with Gasteiger partial charge in [-0.15, -0.1) is 0 Å². The molecule has 0 aliphatic carbocycles. The first kappa shape index (κ1) is 22.0. The van der Waals surface area contributed by atoms with E-state index in [1.807, 2.05) is 18.2 Å². The van der Waals surface area contributed by atoms with E-state index >= 15 is 0 Å². The first-order valence-electron chi connectivity index (χ1n) is 9.16. The molecule has 0 radical (unpaired) electrons. The van der Waals surface area contributed by atoms with Crippen molar-refractivity contribution in [2.24, 2.45) is 0 Å². The van der Waals surface area contributed by atoms with Crippen LogP contribution in [0.2, 0.25) is 10.0 Å². The van der Waals surface area contributed by atoms with Crippen molar-refractivity contribution in [2.75, 3.05) is 7.11 Å². The van der Waals surface area contributed by atoms with Gasteiger partial charge in [0.1, 0.15) is 6.61 Å². The normalized spacial score (nSPS) is 10.8. The molecule has 29 heavy (non-hydrogen) atoms. The summed E-state index contributed by atoms with van der Waals surface area (Å²) in [4.78, 5) is 0. The second kappa shape index (κ2) is 10.4. The summed E-state index contributed by atoms with van der Waals surface area (Å²) in [5.41, 5.74) is 4.33. The molecule has 0 saturated heterocycles. The maximum absolute atomic E-state index is 6.23. The first-order chi connectivity index (χ1) is 14.0. The summed E-state index contributed by atoms with van der Waals surface area (Å²) in [5.74, 6) is 1.28. The van der Waals surface area contributed by atoms with Gasteiger partial charge < -0.3 is 14.8 Å². The van der Waals surface area contributed by atoms with Crippen LogP contribution in [0.25, 0.3) is 0 Å². The summed E-state index contributed by atoms with van der Waals surface area (Å²) in [6.45, 7) is 3.83. The summed E-state index contributed by atoms with van der Waals surface area (Å²) in [7, 11) is 1.63. The zero-order chi connectivity index (χ0) is 20.8. The van der Waals surface area contributed by atoms with Crippen molar-refractivity contribution < 1.29 is 9.47 Å². The van der Waals surface area contributed by atoms with Gasteiger partial charge in [0.05, 0.1) is 7.11 Å². The van der Waals surface area contributed by atoms with Crippen molar-refractivity contribution in [1.82, 2.24) is 5.32 Å². The van der Waals surface area contributed by atoms with Crippen molar-refractivity contribution in [3.05, 3.63) is 91.4 Å². The molecular weight excluding hydrogens is 473 g/mol. The van der Waals surface area contributed by atoms with E-state index in [9.17, 15) is 0 Å². The quantitative estimate of drug-likeness (QED) is 0.367. The highest BCUT2D eigenvalue weighted by Crippen LogP contribution is 2.35. The van der Waals surface area contributed by atoms with Crippen molar-refractivity contribution in [1.29, 1.82) is 0 Å². The molecule has 0 atom stereocenters. The summed E-state index contributed by atoms with van der Waals surface area (Å²) < 4.78 is 12.4. The Bertz CT molecular complexity index is 957. The minimum atomic E-state index is 0.256. The third-order valence-corrected chi connectivity index (χ3v) is 5.98. The van der Waals surface area contributed by atoms with Crippen LogP contribution in [0.15, 0.2) is 59.1 Å². The Morgan fingerprint density at radius 1 is 0.931 bits per heavy atom. The number of halogens is 3. The molecule has 6 heteroatoms. The zero-order valence-corrected chi connectivity index (χ0v) is 19.4. The van der Waals surface area contributed by atoms with Gasteiger partial charge in [0.15, 0.2) is 11.5 Å². The van der Waals surface area contributed by atoms with Crippen LogP contribution in [-0.2, 0) is 19.7 Å². The lowest BCUT2D eigenvalue weighted by atomic mass is 10.1. The third kappa shape index (κ3) is 5.89. The molecule has 0 aliphatic rings. The van der Waals surface area contributed by atoms with Crippen LogP contribution in [0.4, 0.5) is 0 Å². The van der Waals surface area contributed by atoms with Gasteiger partial charge in [-0.3, -0.25) is 0 Å². The Balaban J connectivity index is 1.67. The number of aryl methyl sites for hydroxylation is 1. The third-order valence-electron chi connectivity index (χ3n) is 4.53. The van der Waals surface area contributed by atoms with Crippen LogP contribution in [-0.4, -0.2) is 7.11 Å². The average Bonchev–Trinajstić information content (AvgIpc) is 2.70. The molecule has 0 amide bonds. The lowest BCUT2D eigenvalue weighted by molar-refractivity contribution is 0.284. The number of benzene rings is 3. The highest BCUT2D eigenvalue weighted by Gasteiger charge is 2.13. The number of rotatable bonds is 8. The van der Waals surface area contributed by atoms with Gasteiger partial charge >= 0.3 is 0 Å². The fourth-order valence-electron chi connectivity index (χ4n) is 2.85. The zero-order valence-electron chi connectivity index (χ0n) is 16.3. The Labute approximate surface area is 190 Å². The topological polar surface area (TPSA) is 30.5 Å². The number of methoxy groups -OCH3 is 1. The number of hydrogen-bond acceptors (Lipinski definition) is 3. The first-order valence-corrected chi connectivity index (χ1v) is 10.7. The predicted molar refractivity (Wildman–Crippen MR) is 123 cm³/mol. The minimum Gasteiger partial charge on any atom is -0.493 e. The highest BCUT2D eigenvalue weighted by molar-refractivity contribution is 9.10. The standard InChI is InChI=1S/C23H22BrCl2NO2/c1-15-6-8-16(9-7-15)12-27-13-17-10-22(28-2)23(11-19(17)24)29-14-18-20(25)4-3-5-21(18)26/h3-11,27H,12-14H2,1-2H3. The van der Waals surface area contributed by atoms with Crippen LogP contribution in [0.3, 0.4) is 0 Å². The van der Waals surface area contributed by atoms with Crippen molar-refractivity contribution >= 4 is 39.1 Å². The van der Waals surface area contributed by atoms with Crippen LogP contribution < -0.4 is 14.8 Å². The Hall–Kier alpha value is -1.72. The number of nitrogens with one attached hydrogen (secondary N) is 1. The van der Waals surface area contributed by atoms with Crippen LogP contribution >= 0.6 is 39.1 Å². The molecule has 3 aromatic rings. The van der Waals surface area contributed by atoms with Gasteiger partial charge in [-0.25, -0.2) is 0 Å². The summed E-state index contributed by atoms with van der Waals surface area (Å²) >= 11 is 16.1. The summed E-state index contributed by atoms with van der Waals surface area (Å²) in [6.07, 6.45) is 0. The number of ether oxygens (including phenoxy) is 2. The van der Waals surface area contributed by atoms with E-state index in [4.69, 9.17) is 32.7 Å². The van der Waals surface area contributed by atoms with E-state index in [0.717, 1.165) is 22.1 Å². The van der Waals surface area contributed by atoms with Gasteiger partial charge in [0.2, 0.25) is 0 Å². The van der Waals surface area contributed by atoms with E-state index in [1.54, 1.807) is 19.2 Å². The largest absolute Gasteiger partial charge is 0.493 e. The lowest BCUT2D eigenvalue weighted by Crippen LogP contribution is -2.13. The molecular formula is C23H22BrCl2NO2. The molecule has 0 aliphatic heterocycles. The molecule has 152 valence electrons. The van der Waals surface area contributed by atoms with Gasteiger partial charge in [-0.2, -0.15) is 0 Å². The second-order valence-corrected chi connectivity index (χ2v) is 8.34. The van der Waals surface area contributed by atoms with Gasteiger partial charge in [0, 0.05) is 33.2 Å². The Kier molecular flexibility index (Phi) is 7.84. The van der Waals surface area contributed by atoms with Crippen molar-refractivity contribution in [3.63, 3.8) is 0 Å². The van der Waals surface area contributed by atoms with E-state index in [-0.39, 0.29) is 6.61 Å². The van der Waals surface area contributed by atoms with Crippen LogP contribution in [0.5, 0.6) is 11.5 Å². The Morgan fingerprint density at radius 3 is 2.28 bits per heavy atom. The monoisotopic (exact) mass is 493 g/mol. The minimum absolute atomic E-state index is 0.256. The van der Waals surface area contributed by atoms with E-state index in [2.05, 4.69) is 52.4 Å². The molecule has 3 nitrogen and oxygen atoms in total. The van der Waals surface area contributed by atoms with E-state index in [1.165, 1.54) is 11.1 Å². The molecule has 0 bridgehead atoms. The van der Waals surface area contributed by atoms with Crippen LogP contribution in [0, 0.1) is 6.92 Å².